The van der Waals surface area contributed by atoms with Crippen molar-refractivity contribution in [3.63, 3.8) is 0 Å². The molecule has 7 heteroatoms. The summed E-state index contributed by atoms with van der Waals surface area (Å²) in [5.74, 6) is -0.993. The molecule has 0 unspecified atom stereocenters. The van der Waals surface area contributed by atoms with Crippen molar-refractivity contribution in [3.8, 4) is 0 Å². The fourth-order valence-corrected chi connectivity index (χ4v) is 1.68. The van der Waals surface area contributed by atoms with Gasteiger partial charge >= 0.3 is 12.1 Å². The SMILES string of the molecule is COCCN(CC(=O)O)Cc1ccc(C(F)(F)F)cc1. The second kappa shape index (κ2) is 7.25. The van der Waals surface area contributed by atoms with Crippen LogP contribution in [0.2, 0.25) is 0 Å². The molecule has 4 nitrogen and oxygen atoms in total. The van der Waals surface area contributed by atoms with Crippen molar-refractivity contribution in [2.75, 3.05) is 26.8 Å². The van der Waals surface area contributed by atoms with Crippen molar-refractivity contribution in [2.45, 2.75) is 12.7 Å². The second-order valence-electron chi connectivity index (χ2n) is 4.29. The molecule has 0 amide bonds. The number of benzene rings is 1. The van der Waals surface area contributed by atoms with Gasteiger partial charge in [0.1, 0.15) is 0 Å². The summed E-state index contributed by atoms with van der Waals surface area (Å²) in [4.78, 5) is 12.3. The maximum absolute atomic E-state index is 12.4. The van der Waals surface area contributed by atoms with Gasteiger partial charge < -0.3 is 9.84 Å². The molecule has 0 aliphatic rings. The van der Waals surface area contributed by atoms with Gasteiger partial charge in [0, 0.05) is 20.2 Å². The van der Waals surface area contributed by atoms with Crippen LogP contribution in [0.15, 0.2) is 24.3 Å². The molecule has 0 fully saturated rings. The minimum atomic E-state index is -4.37. The Balaban J connectivity index is 2.70. The van der Waals surface area contributed by atoms with E-state index in [4.69, 9.17) is 9.84 Å². The largest absolute Gasteiger partial charge is 0.480 e. The molecule has 20 heavy (non-hydrogen) atoms. The molecule has 0 aromatic heterocycles. The molecule has 0 saturated heterocycles. The Kier molecular flexibility index (Phi) is 5.97. The van der Waals surface area contributed by atoms with Crippen LogP contribution in [0.3, 0.4) is 0 Å². The molecule has 1 N–H and O–H groups in total. The number of alkyl halides is 3. The van der Waals surface area contributed by atoms with Crippen LogP contribution in [0.25, 0.3) is 0 Å². The molecule has 0 aliphatic carbocycles. The van der Waals surface area contributed by atoms with Gasteiger partial charge in [-0.05, 0) is 17.7 Å². The molecule has 0 heterocycles. The predicted molar refractivity (Wildman–Crippen MR) is 66.2 cm³/mol. The van der Waals surface area contributed by atoms with Gasteiger partial charge in [0.2, 0.25) is 0 Å². The van der Waals surface area contributed by atoms with E-state index in [2.05, 4.69) is 0 Å². The maximum Gasteiger partial charge on any atom is 0.416 e. The van der Waals surface area contributed by atoms with E-state index in [1.54, 1.807) is 4.90 Å². The molecule has 0 radical (unpaired) electrons. The van der Waals surface area contributed by atoms with Crippen molar-refractivity contribution in [1.82, 2.24) is 4.90 Å². The monoisotopic (exact) mass is 291 g/mol. The van der Waals surface area contributed by atoms with E-state index in [-0.39, 0.29) is 13.1 Å². The van der Waals surface area contributed by atoms with Crippen LogP contribution in [-0.2, 0) is 22.3 Å². The topological polar surface area (TPSA) is 49.8 Å². The molecular weight excluding hydrogens is 275 g/mol. The molecule has 0 bridgehead atoms. The summed E-state index contributed by atoms with van der Waals surface area (Å²) in [6, 6.07) is 4.68. The van der Waals surface area contributed by atoms with Crippen LogP contribution in [0.5, 0.6) is 0 Å². The summed E-state index contributed by atoms with van der Waals surface area (Å²) < 4.78 is 42.1. The number of ether oxygens (including phenoxy) is 1. The van der Waals surface area contributed by atoms with Crippen LogP contribution in [0.1, 0.15) is 11.1 Å². The number of nitrogens with zero attached hydrogens (tertiary/aromatic N) is 1. The van der Waals surface area contributed by atoms with E-state index in [0.29, 0.717) is 18.7 Å². The Morgan fingerprint density at radius 1 is 1.30 bits per heavy atom. The number of carbonyl (C=O) groups is 1. The molecular formula is C13H16F3NO3. The summed E-state index contributed by atoms with van der Waals surface area (Å²) in [6.45, 7) is 0.815. The first-order valence-corrected chi connectivity index (χ1v) is 5.92. The Labute approximate surface area is 114 Å². The van der Waals surface area contributed by atoms with Gasteiger partial charge in [-0.3, -0.25) is 9.69 Å². The van der Waals surface area contributed by atoms with Crippen LogP contribution >= 0.6 is 0 Å². The first kappa shape index (κ1) is 16.5. The molecule has 112 valence electrons. The average Bonchev–Trinajstić information content (AvgIpc) is 2.35. The summed E-state index contributed by atoms with van der Waals surface area (Å²) in [6.07, 6.45) is -4.37. The Hall–Kier alpha value is -1.60. The smallest absolute Gasteiger partial charge is 0.416 e. The van der Waals surface area contributed by atoms with Crippen molar-refractivity contribution in [3.05, 3.63) is 35.4 Å². The van der Waals surface area contributed by atoms with E-state index < -0.39 is 17.7 Å². The summed E-state index contributed by atoms with van der Waals surface area (Å²) in [7, 11) is 1.50. The standard InChI is InChI=1S/C13H16F3NO3/c1-20-7-6-17(9-12(18)19)8-10-2-4-11(5-3-10)13(14,15)16/h2-5H,6-9H2,1H3,(H,18,19). The van der Waals surface area contributed by atoms with Crippen LogP contribution < -0.4 is 0 Å². The Bertz CT molecular complexity index is 431. The number of halogens is 3. The summed E-state index contributed by atoms with van der Waals surface area (Å²) in [5, 5.41) is 8.78. The molecule has 0 saturated carbocycles. The van der Waals surface area contributed by atoms with E-state index in [0.717, 1.165) is 12.1 Å². The first-order valence-electron chi connectivity index (χ1n) is 5.92. The number of hydrogen-bond acceptors (Lipinski definition) is 3. The van der Waals surface area contributed by atoms with Gasteiger partial charge in [0.25, 0.3) is 0 Å². The molecule has 0 spiro atoms. The third-order valence-corrected chi connectivity index (χ3v) is 2.66. The van der Waals surface area contributed by atoms with Gasteiger partial charge in [-0.25, -0.2) is 0 Å². The number of carboxylic acids is 1. The summed E-state index contributed by atoms with van der Waals surface area (Å²) >= 11 is 0. The van der Waals surface area contributed by atoms with E-state index in [1.807, 2.05) is 0 Å². The van der Waals surface area contributed by atoms with E-state index in [1.165, 1.54) is 19.2 Å². The highest BCUT2D eigenvalue weighted by Gasteiger charge is 2.29. The number of hydrogen-bond donors (Lipinski definition) is 1. The zero-order valence-corrected chi connectivity index (χ0v) is 11.0. The van der Waals surface area contributed by atoms with Gasteiger partial charge in [-0.1, -0.05) is 12.1 Å². The lowest BCUT2D eigenvalue weighted by atomic mass is 10.1. The lowest BCUT2D eigenvalue weighted by Crippen LogP contribution is -2.32. The lowest BCUT2D eigenvalue weighted by Gasteiger charge is -2.20. The minimum absolute atomic E-state index is 0.190. The van der Waals surface area contributed by atoms with Crippen molar-refractivity contribution in [1.29, 1.82) is 0 Å². The van der Waals surface area contributed by atoms with Crippen LogP contribution in [0, 0.1) is 0 Å². The minimum Gasteiger partial charge on any atom is -0.480 e. The van der Waals surface area contributed by atoms with Crippen molar-refractivity contribution < 1.29 is 27.8 Å². The van der Waals surface area contributed by atoms with Gasteiger partial charge in [-0.15, -0.1) is 0 Å². The normalized spacial score (nSPS) is 11.8. The van der Waals surface area contributed by atoms with E-state index in [9.17, 15) is 18.0 Å². The molecule has 0 aliphatic heterocycles. The van der Waals surface area contributed by atoms with Gasteiger partial charge in [0.15, 0.2) is 0 Å². The Morgan fingerprint density at radius 2 is 1.90 bits per heavy atom. The Morgan fingerprint density at radius 3 is 2.35 bits per heavy atom. The molecule has 0 atom stereocenters. The molecule has 1 aromatic carbocycles. The number of aliphatic carboxylic acids is 1. The average molecular weight is 291 g/mol. The third kappa shape index (κ3) is 5.58. The maximum atomic E-state index is 12.4. The van der Waals surface area contributed by atoms with Crippen molar-refractivity contribution >= 4 is 5.97 Å². The highest BCUT2D eigenvalue weighted by molar-refractivity contribution is 5.69. The fourth-order valence-electron chi connectivity index (χ4n) is 1.68. The first-order chi connectivity index (χ1) is 9.32. The third-order valence-electron chi connectivity index (χ3n) is 2.66. The zero-order valence-electron chi connectivity index (χ0n) is 11.0. The zero-order chi connectivity index (χ0) is 15.2. The van der Waals surface area contributed by atoms with Crippen LogP contribution in [0.4, 0.5) is 13.2 Å². The van der Waals surface area contributed by atoms with Crippen molar-refractivity contribution in [2.24, 2.45) is 0 Å². The van der Waals surface area contributed by atoms with Gasteiger partial charge in [-0.2, -0.15) is 13.2 Å². The molecule has 1 rings (SSSR count). The molecule has 1 aromatic rings. The van der Waals surface area contributed by atoms with Gasteiger partial charge in [0.05, 0.1) is 18.7 Å². The highest BCUT2D eigenvalue weighted by atomic mass is 19.4. The predicted octanol–water partition coefficient (Wildman–Crippen LogP) is 2.24. The highest BCUT2D eigenvalue weighted by Crippen LogP contribution is 2.29. The number of methoxy groups -OCH3 is 1. The van der Waals surface area contributed by atoms with Crippen LogP contribution in [-0.4, -0.2) is 42.8 Å². The second-order valence-corrected chi connectivity index (χ2v) is 4.29. The summed E-state index contributed by atoms with van der Waals surface area (Å²) in [5.41, 5.74) is -0.0988. The quantitative estimate of drug-likeness (QED) is 0.837. The lowest BCUT2D eigenvalue weighted by molar-refractivity contribution is -0.139. The fraction of sp³-hybridized carbons (Fsp3) is 0.462. The number of rotatable bonds is 7. The number of carboxylic acid groups (broad SMARTS) is 1. The van der Waals surface area contributed by atoms with E-state index >= 15 is 0 Å².